The van der Waals surface area contributed by atoms with E-state index in [0.29, 0.717) is 11.8 Å². The molecule has 0 nitrogen and oxygen atoms in total. The van der Waals surface area contributed by atoms with Crippen LogP contribution in [0.25, 0.3) is 0 Å². The molecule has 2 atom stereocenters. The number of halogens is 2. The van der Waals surface area contributed by atoms with Crippen molar-refractivity contribution in [1.29, 1.82) is 0 Å². The first kappa shape index (κ1) is 15.9. The quantitative estimate of drug-likeness (QED) is 0.494. The Balaban J connectivity index is 2.62. The van der Waals surface area contributed by atoms with Crippen molar-refractivity contribution in [1.82, 2.24) is 0 Å². The summed E-state index contributed by atoms with van der Waals surface area (Å²) in [5.41, 5.74) is 1.32. The van der Waals surface area contributed by atoms with Crippen LogP contribution < -0.4 is 0 Å². The van der Waals surface area contributed by atoms with Crippen LogP contribution in [0, 0.1) is 5.92 Å². The molecule has 0 N–H and O–H groups in total. The van der Waals surface area contributed by atoms with Gasteiger partial charge >= 0.3 is 0 Å². The predicted molar refractivity (Wildman–Crippen MR) is 82.8 cm³/mol. The van der Waals surface area contributed by atoms with Crippen molar-refractivity contribution in [3.63, 3.8) is 0 Å². The van der Waals surface area contributed by atoms with E-state index in [2.05, 4.69) is 26.0 Å². The van der Waals surface area contributed by atoms with Gasteiger partial charge in [0.25, 0.3) is 0 Å². The van der Waals surface area contributed by atoms with E-state index in [0.717, 1.165) is 10.9 Å². The Hall–Kier alpha value is -0.200. The minimum Gasteiger partial charge on any atom is -0.126 e. The molecule has 0 radical (unpaired) electrons. The highest BCUT2D eigenvalue weighted by Gasteiger charge is 2.16. The van der Waals surface area contributed by atoms with Gasteiger partial charge < -0.3 is 0 Å². The molecule has 0 spiro atoms. The molecule has 0 amide bonds. The lowest BCUT2D eigenvalue weighted by atomic mass is 9.86. The van der Waals surface area contributed by atoms with E-state index in [1.807, 2.05) is 12.1 Å². The molecular formula is C16H24Cl2. The van der Waals surface area contributed by atoms with Crippen LogP contribution in [0.3, 0.4) is 0 Å². The molecule has 102 valence electrons. The molecule has 0 aliphatic rings. The maximum atomic E-state index is 6.14. The highest BCUT2D eigenvalue weighted by atomic mass is 35.5. The van der Waals surface area contributed by atoms with Gasteiger partial charge in [0.1, 0.15) is 0 Å². The minimum atomic E-state index is 0.464. The smallest absolute Gasteiger partial charge is 0.0406 e. The van der Waals surface area contributed by atoms with Crippen LogP contribution in [0.1, 0.15) is 57.4 Å². The topological polar surface area (TPSA) is 0 Å². The molecule has 0 saturated heterocycles. The van der Waals surface area contributed by atoms with Crippen molar-refractivity contribution >= 4 is 23.2 Å². The van der Waals surface area contributed by atoms with Gasteiger partial charge in [-0.25, -0.2) is 0 Å². The monoisotopic (exact) mass is 286 g/mol. The average molecular weight is 287 g/mol. The lowest BCUT2D eigenvalue weighted by molar-refractivity contribution is 0.396. The maximum Gasteiger partial charge on any atom is 0.0406 e. The Morgan fingerprint density at radius 1 is 1.11 bits per heavy atom. The number of benzene rings is 1. The SMILES string of the molecule is CCCCC(CC)CC(CCl)c1ccc(Cl)cc1. The second-order valence-corrected chi connectivity index (χ2v) is 5.80. The molecule has 0 aliphatic carbocycles. The molecule has 1 aromatic carbocycles. The fourth-order valence-corrected chi connectivity index (χ4v) is 2.84. The van der Waals surface area contributed by atoms with E-state index in [1.54, 1.807) is 0 Å². The molecule has 18 heavy (non-hydrogen) atoms. The standard InChI is InChI=1S/C16H24Cl2/c1-3-5-6-13(4-2)11-15(12-17)14-7-9-16(18)10-8-14/h7-10,13,15H,3-6,11-12H2,1-2H3. The van der Waals surface area contributed by atoms with E-state index in [1.165, 1.54) is 37.7 Å². The molecule has 1 rings (SSSR count). The lowest BCUT2D eigenvalue weighted by Crippen LogP contribution is -2.09. The van der Waals surface area contributed by atoms with Gasteiger partial charge in [0.15, 0.2) is 0 Å². The Kier molecular flexibility index (Phi) is 7.77. The van der Waals surface area contributed by atoms with Crippen molar-refractivity contribution in [2.24, 2.45) is 5.92 Å². The zero-order valence-electron chi connectivity index (χ0n) is 11.5. The maximum absolute atomic E-state index is 6.14. The first-order valence-corrected chi connectivity index (χ1v) is 7.93. The lowest BCUT2D eigenvalue weighted by Gasteiger charge is -2.21. The van der Waals surface area contributed by atoms with Gasteiger partial charge in [-0.15, -0.1) is 11.6 Å². The second kappa shape index (κ2) is 8.82. The van der Waals surface area contributed by atoms with E-state index < -0.39 is 0 Å². The molecule has 1 aromatic rings. The summed E-state index contributed by atoms with van der Waals surface area (Å²) in [6.07, 6.45) is 6.38. The number of hydrogen-bond acceptors (Lipinski definition) is 0. The third kappa shape index (κ3) is 5.20. The summed E-state index contributed by atoms with van der Waals surface area (Å²) in [6.45, 7) is 4.54. The minimum absolute atomic E-state index is 0.464. The van der Waals surface area contributed by atoms with Crippen molar-refractivity contribution in [2.75, 3.05) is 5.88 Å². The van der Waals surface area contributed by atoms with E-state index in [9.17, 15) is 0 Å². The molecule has 0 fully saturated rings. The fourth-order valence-electron chi connectivity index (χ4n) is 2.41. The van der Waals surface area contributed by atoms with Gasteiger partial charge in [-0.05, 0) is 36.0 Å². The molecule has 0 bridgehead atoms. The van der Waals surface area contributed by atoms with E-state index in [-0.39, 0.29) is 0 Å². The Bertz CT molecular complexity index is 318. The van der Waals surface area contributed by atoms with Crippen LogP contribution >= 0.6 is 23.2 Å². The zero-order valence-corrected chi connectivity index (χ0v) is 13.0. The summed E-state index contributed by atoms with van der Waals surface area (Å²) >= 11 is 12.1. The summed E-state index contributed by atoms with van der Waals surface area (Å²) in [4.78, 5) is 0. The van der Waals surface area contributed by atoms with Crippen LogP contribution in [0.15, 0.2) is 24.3 Å². The Labute approximate surface area is 122 Å². The highest BCUT2D eigenvalue weighted by Crippen LogP contribution is 2.30. The van der Waals surface area contributed by atoms with Gasteiger partial charge in [-0.2, -0.15) is 0 Å². The second-order valence-electron chi connectivity index (χ2n) is 5.05. The van der Waals surface area contributed by atoms with Gasteiger partial charge in [0, 0.05) is 10.9 Å². The Morgan fingerprint density at radius 3 is 2.28 bits per heavy atom. The number of hydrogen-bond donors (Lipinski definition) is 0. The summed E-state index contributed by atoms with van der Waals surface area (Å²) < 4.78 is 0. The van der Waals surface area contributed by atoms with Gasteiger partial charge in [0.05, 0.1) is 0 Å². The van der Waals surface area contributed by atoms with Crippen LogP contribution in [0.2, 0.25) is 5.02 Å². The first-order valence-electron chi connectivity index (χ1n) is 7.02. The predicted octanol–water partition coefficient (Wildman–Crippen LogP) is 6.27. The largest absolute Gasteiger partial charge is 0.126 e. The summed E-state index contributed by atoms with van der Waals surface area (Å²) in [5, 5.41) is 0.796. The van der Waals surface area contributed by atoms with Gasteiger partial charge in [0.2, 0.25) is 0 Å². The van der Waals surface area contributed by atoms with Crippen LogP contribution in [-0.2, 0) is 0 Å². The van der Waals surface area contributed by atoms with Crippen molar-refractivity contribution in [3.05, 3.63) is 34.9 Å². The fraction of sp³-hybridized carbons (Fsp3) is 0.625. The Morgan fingerprint density at radius 2 is 1.78 bits per heavy atom. The van der Waals surface area contributed by atoms with Crippen molar-refractivity contribution in [3.8, 4) is 0 Å². The van der Waals surface area contributed by atoms with Crippen molar-refractivity contribution in [2.45, 2.75) is 51.9 Å². The highest BCUT2D eigenvalue weighted by molar-refractivity contribution is 6.30. The molecular weight excluding hydrogens is 263 g/mol. The van der Waals surface area contributed by atoms with E-state index in [4.69, 9.17) is 23.2 Å². The first-order chi connectivity index (χ1) is 8.71. The van der Waals surface area contributed by atoms with Gasteiger partial charge in [-0.1, -0.05) is 63.3 Å². The summed E-state index contributed by atoms with van der Waals surface area (Å²) in [7, 11) is 0. The zero-order chi connectivity index (χ0) is 13.4. The molecule has 2 unspecified atom stereocenters. The van der Waals surface area contributed by atoms with Crippen LogP contribution in [-0.4, -0.2) is 5.88 Å². The van der Waals surface area contributed by atoms with E-state index >= 15 is 0 Å². The number of unbranched alkanes of at least 4 members (excludes halogenated alkanes) is 1. The third-order valence-electron chi connectivity index (χ3n) is 3.69. The number of alkyl halides is 1. The normalized spacial score (nSPS) is 14.4. The number of rotatable bonds is 8. The van der Waals surface area contributed by atoms with Crippen molar-refractivity contribution < 1.29 is 0 Å². The molecule has 0 aliphatic heterocycles. The van der Waals surface area contributed by atoms with Gasteiger partial charge in [-0.3, -0.25) is 0 Å². The molecule has 0 saturated carbocycles. The molecule has 0 heterocycles. The summed E-state index contributed by atoms with van der Waals surface area (Å²) in [5.74, 6) is 1.96. The van der Waals surface area contributed by atoms with Crippen LogP contribution in [0.5, 0.6) is 0 Å². The summed E-state index contributed by atoms with van der Waals surface area (Å²) in [6, 6.07) is 8.15. The van der Waals surface area contributed by atoms with Crippen LogP contribution in [0.4, 0.5) is 0 Å². The molecule has 0 aromatic heterocycles. The average Bonchev–Trinajstić information content (AvgIpc) is 2.40. The molecule has 2 heteroatoms. The third-order valence-corrected chi connectivity index (χ3v) is 4.31.